The number of nitrogens with zero attached hydrogens (tertiary/aromatic N) is 3. The fourth-order valence-corrected chi connectivity index (χ4v) is 1.94. The van der Waals surface area contributed by atoms with Crippen LogP contribution in [0.1, 0.15) is 0 Å². The number of rotatable bonds is 4. The molecule has 0 saturated heterocycles. The van der Waals surface area contributed by atoms with Gasteiger partial charge >= 0.3 is 5.76 Å². The van der Waals surface area contributed by atoms with E-state index in [9.17, 15) is 9.59 Å². The standard InChI is InChI=1S/C15H13N3O4/c1-17(11-6-3-2-4-7-11)13(19)10-18-15(20)22-14(16-18)12-8-5-9-21-12/h2-9H,10H2,1H3. The van der Waals surface area contributed by atoms with E-state index in [1.54, 1.807) is 31.3 Å². The smallest absolute Gasteiger partial charge is 0.437 e. The molecule has 1 aromatic carbocycles. The van der Waals surface area contributed by atoms with E-state index in [1.807, 2.05) is 18.2 Å². The van der Waals surface area contributed by atoms with Crippen molar-refractivity contribution in [2.45, 2.75) is 6.54 Å². The van der Waals surface area contributed by atoms with Gasteiger partial charge in [-0.1, -0.05) is 18.2 Å². The molecule has 0 fully saturated rings. The lowest BCUT2D eigenvalue weighted by Crippen LogP contribution is -2.33. The van der Waals surface area contributed by atoms with Crippen LogP contribution in [0.4, 0.5) is 5.69 Å². The first-order valence-corrected chi connectivity index (χ1v) is 6.58. The van der Waals surface area contributed by atoms with Crippen LogP contribution in [0.25, 0.3) is 11.7 Å². The first-order chi connectivity index (χ1) is 10.6. The number of carbonyl (C=O) groups excluding carboxylic acids is 1. The molecule has 0 spiro atoms. The predicted molar refractivity (Wildman–Crippen MR) is 78.3 cm³/mol. The molecule has 7 heteroatoms. The quantitative estimate of drug-likeness (QED) is 0.733. The number of carbonyl (C=O) groups is 1. The molecule has 2 heterocycles. The number of hydrogen-bond acceptors (Lipinski definition) is 5. The molecule has 7 nitrogen and oxygen atoms in total. The molecule has 0 N–H and O–H groups in total. The summed E-state index contributed by atoms with van der Waals surface area (Å²) < 4.78 is 11.1. The van der Waals surface area contributed by atoms with Gasteiger partial charge in [0.2, 0.25) is 5.91 Å². The molecule has 0 aliphatic rings. The summed E-state index contributed by atoms with van der Waals surface area (Å²) >= 11 is 0. The first kappa shape index (κ1) is 13.9. The largest absolute Gasteiger partial charge is 0.459 e. The molecule has 2 aromatic heterocycles. The van der Waals surface area contributed by atoms with E-state index < -0.39 is 5.76 Å². The molecular weight excluding hydrogens is 286 g/mol. The molecule has 0 bridgehead atoms. The summed E-state index contributed by atoms with van der Waals surface area (Å²) in [6.07, 6.45) is 1.45. The minimum Gasteiger partial charge on any atom is -0.459 e. The molecule has 0 radical (unpaired) electrons. The molecule has 0 atom stereocenters. The van der Waals surface area contributed by atoms with Crippen molar-refractivity contribution in [3.8, 4) is 11.7 Å². The summed E-state index contributed by atoms with van der Waals surface area (Å²) in [6.45, 7) is -0.214. The number of benzene rings is 1. The van der Waals surface area contributed by atoms with Crippen LogP contribution >= 0.6 is 0 Å². The molecule has 22 heavy (non-hydrogen) atoms. The van der Waals surface area contributed by atoms with Crippen LogP contribution in [-0.2, 0) is 11.3 Å². The number of likely N-dealkylation sites (N-methyl/N-ethyl adjacent to an activating group) is 1. The van der Waals surface area contributed by atoms with Crippen LogP contribution in [0, 0.1) is 0 Å². The Balaban J connectivity index is 1.79. The van der Waals surface area contributed by atoms with Crippen LogP contribution in [0.2, 0.25) is 0 Å². The molecular formula is C15H13N3O4. The van der Waals surface area contributed by atoms with Gasteiger partial charge in [0.25, 0.3) is 5.89 Å². The number of aromatic nitrogens is 2. The zero-order valence-electron chi connectivity index (χ0n) is 11.8. The Morgan fingerprint density at radius 3 is 2.68 bits per heavy atom. The predicted octanol–water partition coefficient (Wildman–Crippen LogP) is 1.76. The molecule has 1 amide bonds. The molecule has 0 unspecified atom stereocenters. The second-order valence-electron chi connectivity index (χ2n) is 4.60. The minimum atomic E-state index is -0.707. The molecule has 3 aromatic rings. The van der Waals surface area contributed by atoms with Gasteiger partial charge in [0.05, 0.1) is 6.26 Å². The second-order valence-corrected chi connectivity index (χ2v) is 4.60. The van der Waals surface area contributed by atoms with Crippen LogP contribution in [0.5, 0.6) is 0 Å². The lowest BCUT2D eigenvalue weighted by molar-refractivity contribution is -0.119. The van der Waals surface area contributed by atoms with Crippen molar-refractivity contribution in [1.82, 2.24) is 9.78 Å². The zero-order chi connectivity index (χ0) is 15.5. The molecule has 0 saturated carbocycles. The zero-order valence-corrected chi connectivity index (χ0v) is 11.8. The Kier molecular flexibility index (Phi) is 3.61. The van der Waals surface area contributed by atoms with Crippen molar-refractivity contribution in [1.29, 1.82) is 0 Å². The summed E-state index contributed by atoms with van der Waals surface area (Å²) in [5, 5.41) is 3.96. The third-order valence-corrected chi connectivity index (χ3v) is 3.14. The highest BCUT2D eigenvalue weighted by atomic mass is 16.4. The van der Waals surface area contributed by atoms with Crippen molar-refractivity contribution in [2.75, 3.05) is 11.9 Å². The van der Waals surface area contributed by atoms with Gasteiger partial charge in [-0.15, -0.1) is 5.10 Å². The number of anilines is 1. The van der Waals surface area contributed by atoms with E-state index in [2.05, 4.69) is 5.10 Å². The highest BCUT2D eigenvalue weighted by molar-refractivity contribution is 5.92. The van der Waals surface area contributed by atoms with Gasteiger partial charge in [-0.25, -0.2) is 4.79 Å². The van der Waals surface area contributed by atoms with Gasteiger partial charge in [0, 0.05) is 12.7 Å². The van der Waals surface area contributed by atoms with E-state index in [1.165, 1.54) is 11.2 Å². The Morgan fingerprint density at radius 2 is 2.00 bits per heavy atom. The fourth-order valence-electron chi connectivity index (χ4n) is 1.94. The van der Waals surface area contributed by atoms with E-state index in [4.69, 9.17) is 8.83 Å². The number of furan rings is 1. The third kappa shape index (κ3) is 2.69. The van der Waals surface area contributed by atoms with E-state index in [0.29, 0.717) is 5.76 Å². The second kappa shape index (κ2) is 5.72. The van der Waals surface area contributed by atoms with Crippen molar-refractivity contribution < 1.29 is 13.6 Å². The first-order valence-electron chi connectivity index (χ1n) is 6.58. The van der Waals surface area contributed by atoms with E-state index in [0.717, 1.165) is 10.4 Å². The van der Waals surface area contributed by atoms with Crippen LogP contribution in [-0.4, -0.2) is 22.7 Å². The average Bonchev–Trinajstić information content (AvgIpc) is 3.18. The fraction of sp³-hybridized carbons (Fsp3) is 0.133. The van der Waals surface area contributed by atoms with Gasteiger partial charge < -0.3 is 13.7 Å². The van der Waals surface area contributed by atoms with Gasteiger partial charge in [-0.2, -0.15) is 4.68 Å². The highest BCUT2D eigenvalue weighted by Crippen LogP contribution is 2.15. The molecule has 0 aliphatic heterocycles. The summed E-state index contributed by atoms with van der Waals surface area (Å²) in [5.41, 5.74) is 0.732. The third-order valence-electron chi connectivity index (χ3n) is 3.14. The summed E-state index contributed by atoms with van der Waals surface area (Å²) in [5.74, 6) is -0.612. The lowest BCUT2D eigenvalue weighted by atomic mass is 10.3. The maximum absolute atomic E-state index is 12.2. The summed E-state index contributed by atoms with van der Waals surface area (Å²) in [4.78, 5) is 25.4. The van der Waals surface area contributed by atoms with Crippen LogP contribution in [0.15, 0.2) is 62.4 Å². The molecule has 0 aliphatic carbocycles. The van der Waals surface area contributed by atoms with Crippen molar-refractivity contribution >= 4 is 11.6 Å². The Labute approximate surface area is 125 Å². The van der Waals surface area contributed by atoms with E-state index >= 15 is 0 Å². The maximum atomic E-state index is 12.2. The topological polar surface area (TPSA) is 81.5 Å². The van der Waals surface area contributed by atoms with Crippen molar-refractivity contribution in [2.24, 2.45) is 0 Å². The maximum Gasteiger partial charge on any atom is 0.437 e. The van der Waals surface area contributed by atoms with Crippen LogP contribution < -0.4 is 10.7 Å². The number of para-hydroxylation sites is 1. The average molecular weight is 299 g/mol. The summed E-state index contributed by atoms with van der Waals surface area (Å²) in [7, 11) is 1.64. The van der Waals surface area contributed by atoms with Crippen molar-refractivity contribution in [3.05, 3.63) is 59.3 Å². The van der Waals surface area contributed by atoms with Crippen LogP contribution in [0.3, 0.4) is 0 Å². The van der Waals surface area contributed by atoms with Gasteiger partial charge in [0.15, 0.2) is 5.76 Å². The van der Waals surface area contributed by atoms with Gasteiger partial charge in [-0.05, 0) is 24.3 Å². The lowest BCUT2D eigenvalue weighted by Gasteiger charge is -2.16. The Morgan fingerprint density at radius 1 is 1.23 bits per heavy atom. The number of hydrogen-bond donors (Lipinski definition) is 0. The van der Waals surface area contributed by atoms with Gasteiger partial charge in [-0.3, -0.25) is 4.79 Å². The highest BCUT2D eigenvalue weighted by Gasteiger charge is 2.17. The van der Waals surface area contributed by atoms with E-state index in [-0.39, 0.29) is 18.3 Å². The molecule has 3 rings (SSSR count). The van der Waals surface area contributed by atoms with Gasteiger partial charge in [0.1, 0.15) is 6.54 Å². The monoisotopic (exact) mass is 299 g/mol. The van der Waals surface area contributed by atoms with Crippen molar-refractivity contribution in [3.63, 3.8) is 0 Å². The normalized spacial score (nSPS) is 10.6. The number of amides is 1. The molecule has 112 valence electrons. The summed E-state index contributed by atoms with van der Waals surface area (Å²) in [6, 6.07) is 12.4. The minimum absolute atomic E-state index is 0.0464. The Bertz CT molecular complexity index is 818. The SMILES string of the molecule is CN(C(=O)Cn1nc(-c2ccco2)oc1=O)c1ccccc1. The Hall–Kier alpha value is -3.09.